The fraction of sp³-hybridized carbons (Fsp3) is 0.632. The lowest BCUT2D eigenvalue weighted by Gasteiger charge is -2.41. The minimum Gasteiger partial charge on any atom is -0.460 e. The van der Waals surface area contributed by atoms with Crippen LogP contribution in [0.5, 0.6) is 0 Å². The molecule has 2 amide bonds. The Kier molecular flexibility index (Phi) is 16.4. The first-order valence-corrected chi connectivity index (χ1v) is 22.4. The molecule has 2 unspecified atom stereocenters. The highest BCUT2D eigenvalue weighted by atomic mass is 35.6. The van der Waals surface area contributed by atoms with E-state index in [2.05, 4.69) is 54.9 Å². The smallest absolute Gasteiger partial charge is 0.325 e. The van der Waals surface area contributed by atoms with Gasteiger partial charge >= 0.3 is 5.97 Å². The number of hydrogen-bond acceptors (Lipinski definition) is 10. The number of aliphatic hydroxyl groups is 2. The van der Waals surface area contributed by atoms with Crippen molar-refractivity contribution < 1.29 is 33.8 Å². The van der Waals surface area contributed by atoms with E-state index in [9.17, 15) is 24.6 Å². The Balaban J connectivity index is 1.80. The number of carbonyl (C=O) groups is 3. The molecule has 54 heavy (non-hydrogen) atoms. The van der Waals surface area contributed by atoms with Crippen molar-refractivity contribution >= 4 is 77.9 Å². The number of halogens is 3. The number of amides is 2. The second-order valence-corrected chi connectivity index (χ2v) is 23.3. The number of nitrogens with one attached hydrogen (secondary N) is 3. The number of fused-ring (bicyclic) bond motifs is 1. The number of carbonyl (C=O) groups excluding carboxylic acids is 3. The molecule has 7 atom stereocenters. The summed E-state index contributed by atoms with van der Waals surface area (Å²) in [5.41, 5.74) is 5.01. The third kappa shape index (κ3) is 13.1. The lowest BCUT2D eigenvalue weighted by atomic mass is 9.96. The highest BCUT2D eigenvalue weighted by molar-refractivity contribution is 6.74. The van der Waals surface area contributed by atoms with Crippen LogP contribution < -0.4 is 16.1 Å². The molecule has 12 nitrogen and oxygen atoms in total. The molecule has 5 N–H and O–H groups in total. The number of rotatable bonds is 15. The largest absolute Gasteiger partial charge is 0.460 e. The normalized spacial score (nSPS) is 19.3. The van der Waals surface area contributed by atoms with Crippen LogP contribution in [0.4, 0.5) is 0 Å². The van der Waals surface area contributed by atoms with Crippen molar-refractivity contribution in [3.05, 3.63) is 47.7 Å². The van der Waals surface area contributed by atoms with Crippen molar-refractivity contribution in [3.63, 3.8) is 0 Å². The van der Waals surface area contributed by atoms with Gasteiger partial charge in [-0.2, -0.15) is 0 Å². The molecular weight excluding hydrogens is 773 g/mol. The SMILES string of the molecule is CC(C)[C@H](NC(O)C(/C=C/c1ccc2ccc([C@@H](C)O)nc2c1)[C@H](C)O[Si](C)(C)C(C)(C)C)C(=O)N[C@@H](C)C(=O)N1CCC[C@@H](C(=O)OCC(Cl)(Cl)Cl)N1. The number of hydrazine groups is 1. The number of aromatic nitrogens is 1. The summed E-state index contributed by atoms with van der Waals surface area (Å²) < 4.78 is 10.1. The van der Waals surface area contributed by atoms with E-state index in [1.807, 2.05) is 57.2 Å². The lowest BCUT2D eigenvalue weighted by molar-refractivity contribution is -0.153. The minimum absolute atomic E-state index is 0.0868. The molecule has 2 aromatic rings. The molecular formula is C38H58Cl3N5O7Si. The number of pyridine rings is 1. The molecule has 1 fully saturated rings. The van der Waals surface area contributed by atoms with Crippen LogP contribution in [0.2, 0.25) is 18.1 Å². The predicted molar refractivity (Wildman–Crippen MR) is 217 cm³/mol. The number of aliphatic hydroxyl groups excluding tert-OH is 2. The first kappa shape index (κ1) is 46.1. The predicted octanol–water partition coefficient (Wildman–Crippen LogP) is 6.17. The summed E-state index contributed by atoms with van der Waals surface area (Å²) in [6.45, 7) is 19.5. The Bertz CT molecular complexity index is 1630. The molecule has 1 aromatic carbocycles. The molecule has 1 aliphatic heterocycles. The number of benzene rings is 1. The van der Waals surface area contributed by atoms with Crippen molar-refractivity contribution in [3.8, 4) is 0 Å². The summed E-state index contributed by atoms with van der Waals surface area (Å²) in [7, 11) is -2.28. The van der Waals surface area contributed by atoms with E-state index < -0.39 is 79.0 Å². The maximum atomic E-state index is 13.7. The van der Waals surface area contributed by atoms with Gasteiger partial charge in [0.25, 0.3) is 5.91 Å². The Hall–Kier alpha value is -2.33. The summed E-state index contributed by atoms with van der Waals surface area (Å²) in [4.78, 5) is 44.3. The van der Waals surface area contributed by atoms with Crippen LogP contribution in [0.1, 0.15) is 85.6 Å². The van der Waals surface area contributed by atoms with Gasteiger partial charge < -0.3 is 24.7 Å². The van der Waals surface area contributed by atoms with Crippen molar-refractivity contribution in [2.24, 2.45) is 11.8 Å². The quantitative estimate of drug-likeness (QED) is 0.0608. The van der Waals surface area contributed by atoms with Crippen LogP contribution >= 0.6 is 34.8 Å². The van der Waals surface area contributed by atoms with Crippen LogP contribution in [0, 0.1) is 11.8 Å². The van der Waals surface area contributed by atoms with Crippen LogP contribution in [0.25, 0.3) is 17.0 Å². The van der Waals surface area contributed by atoms with Gasteiger partial charge in [-0.25, -0.2) is 5.43 Å². The third-order valence-electron chi connectivity index (χ3n) is 10.0. The van der Waals surface area contributed by atoms with E-state index in [0.717, 1.165) is 16.5 Å². The zero-order chi connectivity index (χ0) is 40.8. The number of nitrogens with zero attached hydrogens (tertiary/aromatic N) is 2. The molecule has 0 spiro atoms. The van der Waals surface area contributed by atoms with Crippen molar-refractivity contribution in [1.82, 2.24) is 26.1 Å². The van der Waals surface area contributed by atoms with E-state index >= 15 is 0 Å². The Morgan fingerprint density at radius 3 is 2.31 bits per heavy atom. The van der Waals surface area contributed by atoms with Crippen molar-refractivity contribution in [2.75, 3.05) is 13.2 Å². The van der Waals surface area contributed by atoms with E-state index in [4.69, 9.17) is 44.0 Å². The van der Waals surface area contributed by atoms with Gasteiger partial charge in [-0.1, -0.05) is 99.8 Å². The molecule has 1 aromatic heterocycles. The monoisotopic (exact) mass is 829 g/mol. The van der Waals surface area contributed by atoms with Gasteiger partial charge in [-0.05, 0) is 75.4 Å². The standard InChI is InChI=1S/C38H58Cl3N5O7Si/c1-22(2)32(34(49)42-23(3)35(50)46-19-11-12-30(45-46)36(51)52-21-38(39,40)41)44-33(48)28(25(5)53-54(9,10)37(6,7)8)17-14-26-13-15-27-16-18-29(24(4)47)43-31(27)20-26/h13-18,20,22-25,28,30,32-33,44-45,47-48H,11-12,19,21H2,1-10H3,(H,42,49)/b17-14+/t23-,24+,25-,28?,30-,32-,33?/m0/s1. The number of alkyl halides is 3. The van der Waals surface area contributed by atoms with E-state index in [-0.39, 0.29) is 11.0 Å². The Morgan fingerprint density at radius 2 is 1.72 bits per heavy atom. The van der Waals surface area contributed by atoms with Crippen molar-refractivity contribution in [1.29, 1.82) is 0 Å². The van der Waals surface area contributed by atoms with E-state index in [0.29, 0.717) is 25.1 Å². The molecule has 1 saturated heterocycles. The maximum absolute atomic E-state index is 13.7. The summed E-state index contributed by atoms with van der Waals surface area (Å²) >= 11 is 17.1. The maximum Gasteiger partial charge on any atom is 0.325 e. The summed E-state index contributed by atoms with van der Waals surface area (Å²) in [6, 6.07) is 6.87. The first-order chi connectivity index (χ1) is 24.9. The molecule has 2 heterocycles. The van der Waals surface area contributed by atoms with Gasteiger partial charge in [0, 0.05) is 17.8 Å². The summed E-state index contributed by atoms with van der Waals surface area (Å²) in [6.07, 6.45) is 2.34. The van der Waals surface area contributed by atoms with Crippen LogP contribution in [0.15, 0.2) is 36.4 Å². The highest BCUT2D eigenvalue weighted by Gasteiger charge is 2.41. The Morgan fingerprint density at radius 1 is 1.07 bits per heavy atom. The van der Waals surface area contributed by atoms with E-state index in [1.165, 1.54) is 5.01 Å². The van der Waals surface area contributed by atoms with Gasteiger partial charge in [0.2, 0.25) is 9.70 Å². The molecule has 0 saturated carbocycles. The first-order valence-electron chi connectivity index (χ1n) is 18.4. The number of ether oxygens (including phenoxy) is 1. The molecule has 3 rings (SSSR count). The fourth-order valence-corrected chi connectivity index (χ4v) is 7.38. The number of hydrogen-bond donors (Lipinski definition) is 5. The zero-order valence-corrected chi connectivity index (χ0v) is 36.2. The van der Waals surface area contributed by atoms with Crippen LogP contribution in [-0.4, -0.2) is 93.7 Å². The van der Waals surface area contributed by atoms with Gasteiger partial charge in [0.1, 0.15) is 24.9 Å². The second kappa shape index (κ2) is 19.2. The topological polar surface area (TPSA) is 162 Å². The number of esters is 1. The van der Waals surface area contributed by atoms with Gasteiger partial charge in [0.05, 0.1) is 29.5 Å². The second-order valence-electron chi connectivity index (χ2n) is 16.0. The van der Waals surface area contributed by atoms with Gasteiger partial charge in [-0.15, -0.1) is 0 Å². The third-order valence-corrected chi connectivity index (χ3v) is 14.9. The molecule has 302 valence electrons. The lowest BCUT2D eigenvalue weighted by Crippen LogP contribution is -2.61. The molecule has 0 aliphatic carbocycles. The average Bonchev–Trinajstić information content (AvgIpc) is 3.07. The van der Waals surface area contributed by atoms with Gasteiger partial charge in [0.15, 0.2) is 8.32 Å². The Labute approximate surface area is 335 Å². The molecule has 0 radical (unpaired) electrons. The van der Waals surface area contributed by atoms with Crippen LogP contribution in [0.3, 0.4) is 0 Å². The molecule has 1 aliphatic rings. The summed E-state index contributed by atoms with van der Waals surface area (Å²) in [5.74, 6) is -2.45. The van der Waals surface area contributed by atoms with Crippen molar-refractivity contribution in [2.45, 2.75) is 127 Å². The van der Waals surface area contributed by atoms with Gasteiger partial charge in [-0.3, -0.25) is 29.7 Å². The zero-order valence-electron chi connectivity index (χ0n) is 33.0. The minimum atomic E-state index is -2.28. The fourth-order valence-electron chi connectivity index (χ4n) is 5.78. The molecule has 0 bridgehead atoms. The van der Waals surface area contributed by atoms with Crippen LogP contribution in [-0.2, 0) is 23.5 Å². The average molecular weight is 831 g/mol. The molecule has 16 heteroatoms. The van der Waals surface area contributed by atoms with E-state index in [1.54, 1.807) is 19.9 Å². The highest BCUT2D eigenvalue weighted by Crippen LogP contribution is 2.38. The summed E-state index contributed by atoms with van der Waals surface area (Å²) in [5, 5.41) is 29.9.